The quantitative estimate of drug-likeness (QED) is 0.471. The molecule has 1 aromatic rings. The lowest BCUT2D eigenvalue weighted by Crippen LogP contribution is -2.48. The van der Waals surface area contributed by atoms with E-state index in [9.17, 15) is 19.8 Å². The zero-order valence-electron chi connectivity index (χ0n) is 23.6. The standard InChI is InChI=1S/C29H47N3O7/c1-23(33)32-16-6-14-30(13-3-4-18-38-22-26(34)29(36)27(21-32)37-2)20-24-9-11-25(12-10-24)39-19-7-17-31-15-5-8-28(31)35/h9-12,26-27,29,34,36H,3-8,13-22H2,1-2H3/t26-,27-,29-/m0/s1. The van der Waals surface area contributed by atoms with Crippen LogP contribution in [0.25, 0.3) is 0 Å². The van der Waals surface area contributed by atoms with Crippen LogP contribution in [0, 0.1) is 0 Å². The van der Waals surface area contributed by atoms with Crippen LogP contribution in [0.15, 0.2) is 24.3 Å². The molecule has 0 saturated carbocycles. The number of benzene rings is 1. The van der Waals surface area contributed by atoms with Crippen LogP contribution in [0.4, 0.5) is 0 Å². The van der Waals surface area contributed by atoms with Crippen LogP contribution >= 0.6 is 0 Å². The molecule has 39 heavy (non-hydrogen) atoms. The van der Waals surface area contributed by atoms with Crippen LogP contribution in [-0.2, 0) is 25.6 Å². The predicted octanol–water partition coefficient (Wildman–Crippen LogP) is 1.67. The molecule has 0 bridgehead atoms. The lowest BCUT2D eigenvalue weighted by molar-refractivity contribution is -0.136. The molecule has 1 aromatic carbocycles. The fraction of sp³-hybridized carbons (Fsp3) is 0.724. The number of likely N-dealkylation sites (tertiary alicyclic amines) is 1. The van der Waals surface area contributed by atoms with Crippen molar-refractivity contribution in [1.29, 1.82) is 0 Å². The molecule has 0 radical (unpaired) electrons. The van der Waals surface area contributed by atoms with Crippen molar-refractivity contribution in [2.75, 3.05) is 66.2 Å². The number of hydrogen-bond acceptors (Lipinski definition) is 8. The molecule has 3 rings (SSSR count). The van der Waals surface area contributed by atoms with E-state index in [1.54, 1.807) is 4.90 Å². The molecule has 2 amide bonds. The summed E-state index contributed by atoms with van der Waals surface area (Å²) in [5, 5.41) is 20.8. The van der Waals surface area contributed by atoms with E-state index >= 15 is 0 Å². The molecule has 2 aliphatic rings. The summed E-state index contributed by atoms with van der Waals surface area (Å²) < 4.78 is 16.9. The molecular weight excluding hydrogens is 502 g/mol. The second-order valence-electron chi connectivity index (χ2n) is 10.5. The van der Waals surface area contributed by atoms with Crippen LogP contribution < -0.4 is 4.74 Å². The molecule has 0 unspecified atom stereocenters. The van der Waals surface area contributed by atoms with Crippen LogP contribution in [0.5, 0.6) is 5.75 Å². The van der Waals surface area contributed by atoms with Gasteiger partial charge in [0.05, 0.1) is 13.2 Å². The van der Waals surface area contributed by atoms with E-state index in [1.165, 1.54) is 19.6 Å². The molecule has 10 heteroatoms. The van der Waals surface area contributed by atoms with Crippen molar-refractivity contribution < 1.29 is 34.0 Å². The highest BCUT2D eigenvalue weighted by molar-refractivity contribution is 5.78. The molecule has 0 aromatic heterocycles. The largest absolute Gasteiger partial charge is 0.494 e. The minimum atomic E-state index is -1.14. The van der Waals surface area contributed by atoms with Crippen molar-refractivity contribution in [3.63, 3.8) is 0 Å². The lowest BCUT2D eigenvalue weighted by atomic mass is 10.1. The maximum Gasteiger partial charge on any atom is 0.222 e. The summed E-state index contributed by atoms with van der Waals surface area (Å²) in [5.74, 6) is 0.990. The molecule has 2 heterocycles. The Hall–Kier alpha value is -2.24. The van der Waals surface area contributed by atoms with E-state index in [0.29, 0.717) is 26.2 Å². The third-order valence-corrected chi connectivity index (χ3v) is 7.47. The molecule has 0 spiro atoms. The highest BCUT2D eigenvalue weighted by atomic mass is 16.5. The van der Waals surface area contributed by atoms with Crippen molar-refractivity contribution in [1.82, 2.24) is 14.7 Å². The minimum absolute atomic E-state index is 0.0234. The first-order valence-electron chi connectivity index (χ1n) is 14.3. The molecular formula is C29H47N3O7. The van der Waals surface area contributed by atoms with E-state index in [2.05, 4.69) is 17.0 Å². The van der Waals surface area contributed by atoms with Crippen molar-refractivity contribution in [3.8, 4) is 5.75 Å². The van der Waals surface area contributed by atoms with Gasteiger partial charge in [0.15, 0.2) is 0 Å². The Balaban J connectivity index is 1.51. The lowest BCUT2D eigenvalue weighted by Gasteiger charge is -2.31. The average Bonchev–Trinajstić information content (AvgIpc) is 3.34. The fourth-order valence-electron chi connectivity index (χ4n) is 5.10. The van der Waals surface area contributed by atoms with Crippen LogP contribution in [0.1, 0.15) is 51.0 Å². The number of carbonyl (C=O) groups is 2. The molecule has 2 fully saturated rings. The summed E-state index contributed by atoms with van der Waals surface area (Å²) in [6.45, 7) is 7.50. The summed E-state index contributed by atoms with van der Waals surface area (Å²) in [4.78, 5) is 30.0. The van der Waals surface area contributed by atoms with Crippen molar-refractivity contribution >= 4 is 11.8 Å². The highest BCUT2D eigenvalue weighted by Crippen LogP contribution is 2.16. The summed E-state index contributed by atoms with van der Waals surface area (Å²) in [6, 6.07) is 8.17. The van der Waals surface area contributed by atoms with Gasteiger partial charge in [-0.05, 0) is 56.3 Å². The second kappa shape index (κ2) is 16.8. The number of aliphatic hydroxyl groups excluding tert-OH is 2. The first-order chi connectivity index (χ1) is 18.9. The van der Waals surface area contributed by atoms with Gasteiger partial charge in [0.1, 0.15) is 24.1 Å². The molecule has 2 aliphatic heterocycles. The Bertz CT molecular complexity index is 869. The van der Waals surface area contributed by atoms with Gasteiger partial charge in [0, 0.05) is 66.3 Å². The SMILES string of the molecule is CO[C@H]1CN(C(C)=O)CCCN(Cc2ccc(OCCCN3CCCC3=O)cc2)CCCCOC[C@H](O)[C@@H]1O. The Kier molecular flexibility index (Phi) is 13.5. The van der Waals surface area contributed by atoms with Gasteiger partial charge in [-0.1, -0.05) is 12.1 Å². The Morgan fingerprint density at radius 3 is 2.51 bits per heavy atom. The number of amides is 2. The normalized spacial score (nSPS) is 24.8. The van der Waals surface area contributed by atoms with Crippen molar-refractivity contribution in [2.45, 2.75) is 70.3 Å². The van der Waals surface area contributed by atoms with E-state index in [1.807, 2.05) is 17.0 Å². The monoisotopic (exact) mass is 549 g/mol. The van der Waals surface area contributed by atoms with E-state index in [-0.39, 0.29) is 25.0 Å². The number of methoxy groups -OCH3 is 1. The number of ether oxygens (including phenoxy) is 3. The molecule has 2 N–H and O–H groups in total. The highest BCUT2D eigenvalue weighted by Gasteiger charge is 2.29. The number of rotatable bonds is 8. The first kappa shape index (κ1) is 31.3. The third-order valence-electron chi connectivity index (χ3n) is 7.47. The van der Waals surface area contributed by atoms with E-state index in [4.69, 9.17) is 14.2 Å². The summed E-state index contributed by atoms with van der Waals surface area (Å²) in [6.07, 6.45) is 2.12. The maximum atomic E-state index is 12.3. The smallest absolute Gasteiger partial charge is 0.222 e. The Morgan fingerprint density at radius 2 is 1.82 bits per heavy atom. The zero-order chi connectivity index (χ0) is 28.0. The molecule has 220 valence electrons. The number of aliphatic hydroxyl groups is 2. The van der Waals surface area contributed by atoms with Crippen LogP contribution in [0.2, 0.25) is 0 Å². The number of hydrogen-bond donors (Lipinski definition) is 2. The summed E-state index contributed by atoms with van der Waals surface area (Å²) >= 11 is 0. The van der Waals surface area contributed by atoms with Crippen molar-refractivity contribution in [2.24, 2.45) is 0 Å². The van der Waals surface area contributed by atoms with Gasteiger partial charge < -0.3 is 34.2 Å². The van der Waals surface area contributed by atoms with Gasteiger partial charge in [-0.2, -0.15) is 0 Å². The van der Waals surface area contributed by atoms with Crippen molar-refractivity contribution in [3.05, 3.63) is 29.8 Å². The topological polar surface area (TPSA) is 112 Å². The zero-order valence-corrected chi connectivity index (χ0v) is 23.6. The number of carbonyl (C=O) groups excluding carboxylic acids is 2. The van der Waals surface area contributed by atoms with Gasteiger partial charge in [-0.15, -0.1) is 0 Å². The van der Waals surface area contributed by atoms with Gasteiger partial charge in [0.2, 0.25) is 11.8 Å². The predicted molar refractivity (Wildman–Crippen MR) is 147 cm³/mol. The van der Waals surface area contributed by atoms with Crippen LogP contribution in [-0.4, -0.2) is 121 Å². The fourth-order valence-corrected chi connectivity index (χ4v) is 5.10. The van der Waals surface area contributed by atoms with Gasteiger partial charge in [-0.25, -0.2) is 0 Å². The van der Waals surface area contributed by atoms with Gasteiger partial charge in [0.25, 0.3) is 0 Å². The third kappa shape index (κ3) is 10.7. The van der Waals surface area contributed by atoms with Crippen LogP contribution in [0.3, 0.4) is 0 Å². The molecule has 10 nitrogen and oxygen atoms in total. The minimum Gasteiger partial charge on any atom is -0.494 e. The average molecular weight is 550 g/mol. The Morgan fingerprint density at radius 1 is 1.05 bits per heavy atom. The van der Waals surface area contributed by atoms with Gasteiger partial charge >= 0.3 is 0 Å². The second-order valence-corrected chi connectivity index (χ2v) is 10.5. The summed E-state index contributed by atoms with van der Waals surface area (Å²) in [7, 11) is 1.47. The number of nitrogens with zero attached hydrogens (tertiary/aromatic N) is 3. The molecule has 2 saturated heterocycles. The molecule has 3 atom stereocenters. The summed E-state index contributed by atoms with van der Waals surface area (Å²) in [5.41, 5.74) is 1.19. The van der Waals surface area contributed by atoms with Gasteiger partial charge in [-0.3, -0.25) is 14.5 Å². The molecule has 0 aliphatic carbocycles. The van der Waals surface area contributed by atoms with E-state index < -0.39 is 18.3 Å². The van der Waals surface area contributed by atoms with E-state index in [0.717, 1.165) is 70.6 Å². The first-order valence-corrected chi connectivity index (χ1v) is 14.3. The maximum absolute atomic E-state index is 12.3. The Labute approximate surface area is 232 Å².